The highest BCUT2D eigenvalue weighted by Gasteiger charge is 2.17. The molecule has 2 aromatic carbocycles. The molecule has 2 aromatic rings. The molecule has 5 heteroatoms. The number of nitrogens with two attached hydrogens (primary N) is 2. The number of carbonyl (C=O) groups is 1. The number of rotatable bonds is 4. The smallest absolute Gasteiger partial charge is 0.256 e. The Morgan fingerprint density at radius 3 is 2.47 bits per heavy atom. The molecule has 0 heterocycles. The second kappa shape index (κ2) is 5.30. The summed E-state index contributed by atoms with van der Waals surface area (Å²) in [6.07, 6.45) is 0. The molecule has 0 aliphatic rings. The lowest BCUT2D eigenvalue weighted by atomic mass is 10.1. The summed E-state index contributed by atoms with van der Waals surface area (Å²) in [7, 11) is 0. The van der Waals surface area contributed by atoms with Crippen LogP contribution in [0.2, 0.25) is 0 Å². The Kier molecular flexibility index (Phi) is 3.56. The van der Waals surface area contributed by atoms with Crippen molar-refractivity contribution < 1.29 is 14.6 Å². The van der Waals surface area contributed by atoms with Gasteiger partial charge in [-0.2, -0.15) is 0 Å². The minimum atomic E-state index is -0.784. The summed E-state index contributed by atoms with van der Waals surface area (Å²) in [5.74, 6) is -0.922. The lowest BCUT2D eigenvalue weighted by Gasteiger charge is -2.12. The second-order valence-electron chi connectivity index (χ2n) is 4.02. The van der Waals surface area contributed by atoms with E-state index in [1.54, 1.807) is 0 Å². The summed E-state index contributed by atoms with van der Waals surface area (Å²) in [6.45, 7) is 0.268. The zero-order valence-electron chi connectivity index (χ0n) is 10.2. The van der Waals surface area contributed by atoms with Crippen molar-refractivity contribution in [2.45, 2.75) is 6.61 Å². The Morgan fingerprint density at radius 2 is 1.84 bits per heavy atom. The van der Waals surface area contributed by atoms with Gasteiger partial charge in [0.05, 0.1) is 5.69 Å². The molecular weight excluding hydrogens is 244 g/mol. The molecule has 19 heavy (non-hydrogen) atoms. The predicted octanol–water partition coefficient (Wildman–Crippen LogP) is 1.65. The van der Waals surface area contributed by atoms with Crippen molar-refractivity contribution in [3.8, 4) is 11.5 Å². The number of anilines is 1. The molecule has 5 N–H and O–H groups in total. The zero-order chi connectivity index (χ0) is 13.8. The third-order valence-corrected chi connectivity index (χ3v) is 2.65. The van der Waals surface area contributed by atoms with E-state index in [2.05, 4.69) is 0 Å². The van der Waals surface area contributed by atoms with Gasteiger partial charge in [0.2, 0.25) is 0 Å². The molecule has 5 nitrogen and oxygen atoms in total. The lowest BCUT2D eigenvalue weighted by molar-refractivity contribution is 0.0993. The van der Waals surface area contributed by atoms with E-state index in [4.69, 9.17) is 16.2 Å². The number of nitrogen functional groups attached to an aromatic ring is 1. The lowest BCUT2D eigenvalue weighted by Crippen LogP contribution is -2.14. The Labute approximate surface area is 110 Å². The standard InChI is InChI=1S/C14H14N2O3/c15-10-6-7-11(12(13(10)17)14(16)18)19-8-9-4-2-1-3-5-9/h1-7,17H,8,15H2,(H2,16,18). The van der Waals surface area contributed by atoms with Crippen LogP contribution in [-0.4, -0.2) is 11.0 Å². The maximum absolute atomic E-state index is 11.3. The molecule has 0 fully saturated rings. The van der Waals surface area contributed by atoms with Crippen LogP contribution in [0.15, 0.2) is 42.5 Å². The van der Waals surface area contributed by atoms with Crippen LogP contribution >= 0.6 is 0 Å². The van der Waals surface area contributed by atoms with Crippen LogP contribution < -0.4 is 16.2 Å². The topological polar surface area (TPSA) is 98.6 Å². The van der Waals surface area contributed by atoms with Crippen molar-refractivity contribution in [3.05, 3.63) is 53.6 Å². The molecule has 0 aliphatic heterocycles. The maximum atomic E-state index is 11.3. The van der Waals surface area contributed by atoms with Gasteiger partial charge in [-0.15, -0.1) is 0 Å². The number of amides is 1. The van der Waals surface area contributed by atoms with Gasteiger partial charge in [-0.25, -0.2) is 0 Å². The van der Waals surface area contributed by atoms with Crippen molar-refractivity contribution in [2.24, 2.45) is 5.73 Å². The van der Waals surface area contributed by atoms with E-state index < -0.39 is 5.91 Å². The van der Waals surface area contributed by atoms with Gasteiger partial charge in [0, 0.05) is 0 Å². The number of aromatic hydroxyl groups is 1. The number of primary amides is 1. The van der Waals surface area contributed by atoms with Crippen LogP contribution in [-0.2, 0) is 6.61 Å². The van der Waals surface area contributed by atoms with Gasteiger partial charge in [0.25, 0.3) is 5.91 Å². The van der Waals surface area contributed by atoms with Gasteiger partial charge < -0.3 is 21.3 Å². The van der Waals surface area contributed by atoms with Crippen molar-refractivity contribution >= 4 is 11.6 Å². The monoisotopic (exact) mass is 258 g/mol. The number of carbonyl (C=O) groups excluding carboxylic acids is 1. The fraction of sp³-hybridized carbons (Fsp3) is 0.0714. The SMILES string of the molecule is NC(=O)c1c(OCc2ccccc2)ccc(N)c1O. The van der Waals surface area contributed by atoms with E-state index >= 15 is 0 Å². The number of ether oxygens (including phenoxy) is 1. The van der Waals surface area contributed by atoms with E-state index in [-0.39, 0.29) is 29.4 Å². The molecule has 0 aliphatic carbocycles. The zero-order valence-corrected chi connectivity index (χ0v) is 10.2. The average Bonchev–Trinajstić information content (AvgIpc) is 2.41. The molecular formula is C14H14N2O3. The summed E-state index contributed by atoms with van der Waals surface area (Å²) in [6, 6.07) is 12.4. The van der Waals surface area contributed by atoms with Crippen LogP contribution in [0.4, 0.5) is 5.69 Å². The van der Waals surface area contributed by atoms with E-state index in [1.807, 2.05) is 30.3 Å². The normalized spacial score (nSPS) is 10.1. The van der Waals surface area contributed by atoms with E-state index in [0.717, 1.165) is 5.56 Å². The third kappa shape index (κ3) is 2.77. The highest BCUT2D eigenvalue weighted by molar-refractivity contribution is 6.00. The third-order valence-electron chi connectivity index (χ3n) is 2.65. The van der Waals surface area contributed by atoms with Crippen molar-refractivity contribution in [1.82, 2.24) is 0 Å². The Bertz CT molecular complexity index is 597. The van der Waals surface area contributed by atoms with E-state index in [1.165, 1.54) is 12.1 Å². The van der Waals surface area contributed by atoms with Crippen molar-refractivity contribution in [2.75, 3.05) is 5.73 Å². The number of hydrogen-bond acceptors (Lipinski definition) is 4. The van der Waals surface area contributed by atoms with Crippen LogP contribution in [0.1, 0.15) is 15.9 Å². The Hall–Kier alpha value is -2.69. The van der Waals surface area contributed by atoms with E-state index in [0.29, 0.717) is 0 Å². The fourth-order valence-electron chi connectivity index (χ4n) is 1.68. The van der Waals surface area contributed by atoms with Gasteiger partial charge in [0.1, 0.15) is 17.9 Å². The maximum Gasteiger partial charge on any atom is 0.256 e. The van der Waals surface area contributed by atoms with Gasteiger partial charge in [0.15, 0.2) is 5.75 Å². The summed E-state index contributed by atoms with van der Waals surface area (Å²) >= 11 is 0. The Balaban J connectivity index is 2.26. The fourth-order valence-corrected chi connectivity index (χ4v) is 1.68. The predicted molar refractivity (Wildman–Crippen MR) is 71.8 cm³/mol. The number of phenols is 1. The number of benzene rings is 2. The summed E-state index contributed by atoms with van der Waals surface area (Å²) in [5, 5.41) is 9.74. The summed E-state index contributed by atoms with van der Waals surface area (Å²) < 4.78 is 5.50. The highest BCUT2D eigenvalue weighted by Crippen LogP contribution is 2.33. The van der Waals surface area contributed by atoms with Crippen LogP contribution in [0.5, 0.6) is 11.5 Å². The summed E-state index contributed by atoms with van der Waals surface area (Å²) in [4.78, 5) is 11.3. The quantitative estimate of drug-likeness (QED) is 0.573. The first kappa shape index (κ1) is 12.8. The van der Waals surface area contributed by atoms with Crippen LogP contribution in [0.25, 0.3) is 0 Å². The average molecular weight is 258 g/mol. The minimum Gasteiger partial charge on any atom is -0.505 e. The van der Waals surface area contributed by atoms with Gasteiger partial charge in [-0.1, -0.05) is 30.3 Å². The summed E-state index contributed by atoms with van der Waals surface area (Å²) in [5.41, 5.74) is 11.7. The Morgan fingerprint density at radius 1 is 1.16 bits per heavy atom. The van der Waals surface area contributed by atoms with Gasteiger partial charge in [-0.3, -0.25) is 4.79 Å². The molecule has 0 unspecified atom stereocenters. The molecule has 0 bridgehead atoms. The second-order valence-corrected chi connectivity index (χ2v) is 4.02. The van der Waals surface area contributed by atoms with Gasteiger partial charge in [-0.05, 0) is 17.7 Å². The van der Waals surface area contributed by atoms with Crippen LogP contribution in [0, 0.1) is 0 Å². The molecule has 0 saturated heterocycles. The van der Waals surface area contributed by atoms with Gasteiger partial charge >= 0.3 is 0 Å². The molecule has 0 saturated carbocycles. The molecule has 2 rings (SSSR count). The molecule has 98 valence electrons. The molecule has 1 amide bonds. The molecule has 0 atom stereocenters. The number of hydrogen-bond donors (Lipinski definition) is 3. The highest BCUT2D eigenvalue weighted by atomic mass is 16.5. The van der Waals surface area contributed by atoms with E-state index in [9.17, 15) is 9.90 Å². The molecule has 0 radical (unpaired) electrons. The largest absolute Gasteiger partial charge is 0.505 e. The minimum absolute atomic E-state index is 0.0841. The molecule has 0 aromatic heterocycles. The van der Waals surface area contributed by atoms with Crippen molar-refractivity contribution in [3.63, 3.8) is 0 Å². The first-order chi connectivity index (χ1) is 9.09. The van der Waals surface area contributed by atoms with Crippen LogP contribution in [0.3, 0.4) is 0 Å². The first-order valence-corrected chi connectivity index (χ1v) is 5.67. The molecule has 0 spiro atoms. The van der Waals surface area contributed by atoms with Crippen molar-refractivity contribution in [1.29, 1.82) is 0 Å². The first-order valence-electron chi connectivity index (χ1n) is 5.67.